The number of nitrogens with one attached hydrogen (secondary N) is 1. The van der Waals surface area contributed by atoms with Crippen molar-refractivity contribution >= 4 is 26.1 Å². The van der Waals surface area contributed by atoms with Gasteiger partial charge in [0.2, 0.25) is 0 Å². The first-order valence-electron chi connectivity index (χ1n) is 8.91. The first kappa shape index (κ1) is 24.6. The summed E-state index contributed by atoms with van der Waals surface area (Å²) in [5.74, 6) is -0.485. The van der Waals surface area contributed by atoms with Gasteiger partial charge in [0.15, 0.2) is 0 Å². The van der Waals surface area contributed by atoms with Gasteiger partial charge < -0.3 is 28.5 Å². The number of aromatic amines is 1. The van der Waals surface area contributed by atoms with Crippen LogP contribution in [0.4, 0.5) is 0 Å². The van der Waals surface area contributed by atoms with Crippen molar-refractivity contribution in [1.29, 1.82) is 0 Å². The molecule has 1 unspecified atom stereocenters. The summed E-state index contributed by atoms with van der Waals surface area (Å²) in [6.45, 7) is -0.319. The van der Waals surface area contributed by atoms with E-state index >= 15 is 0 Å². The summed E-state index contributed by atoms with van der Waals surface area (Å²) in [5, 5.41) is 0. The Morgan fingerprint density at radius 2 is 1.97 bits per heavy atom. The zero-order valence-corrected chi connectivity index (χ0v) is 18.8. The molecule has 0 amide bonds. The topological polar surface area (TPSA) is 160 Å². The van der Waals surface area contributed by atoms with Crippen LogP contribution in [0.1, 0.15) is 32.7 Å². The van der Waals surface area contributed by atoms with Crippen LogP contribution in [-0.2, 0) is 30.2 Å². The molecule has 14 heteroatoms. The van der Waals surface area contributed by atoms with Gasteiger partial charge in [0.25, 0.3) is 5.56 Å². The van der Waals surface area contributed by atoms with E-state index in [0.29, 0.717) is 0 Å². The van der Waals surface area contributed by atoms with Crippen LogP contribution in [0.25, 0.3) is 0 Å². The van der Waals surface area contributed by atoms with Crippen LogP contribution < -0.4 is 11.2 Å². The Labute approximate surface area is 172 Å². The lowest BCUT2D eigenvalue weighted by atomic mass is 10.0. The van der Waals surface area contributed by atoms with E-state index in [1.54, 1.807) is 13.8 Å². The average molecular weight is 472 g/mol. The van der Waals surface area contributed by atoms with Gasteiger partial charge in [-0.15, -0.1) is 0 Å². The summed E-state index contributed by atoms with van der Waals surface area (Å²) in [4.78, 5) is 54.7. The van der Waals surface area contributed by atoms with E-state index in [0.717, 1.165) is 0 Å². The van der Waals surface area contributed by atoms with Crippen molar-refractivity contribution in [3.05, 3.63) is 33.1 Å². The van der Waals surface area contributed by atoms with Crippen molar-refractivity contribution in [3.8, 4) is 0 Å². The molecule has 2 rings (SSSR count). The third-order valence-electron chi connectivity index (χ3n) is 4.58. The van der Waals surface area contributed by atoms with E-state index in [1.807, 2.05) is 0 Å². The zero-order chi connectivity index (χ0) is 22.0. The van der Waals surface area contributed by atoms with E-state index in [4.69, 9.17) is 25.6 Å². The Hall–Kier alpha value is -0.680. The van der Waals surface area contributed by atoms with Crippen LogP contribution in [0.5, 0.6) is 0 Å². The average Bonchev–Trinajstić information content (AvgIpc) is 2.87. The highest BCUT2D eigenvalue weighted by Gasteiger charge is 2.48. The molecule has 0 aromatic carbocycles. The molecule has 4 N–H and O–H groups in total. The second kappa shape index (κ2) is 9.64. The quantitative estimate of drug-likeness (QED) is 0.377. The molecule has 1 aliphatic carbocycles. The highest BCUT2D eigenvalue weighted by Crippen LogP contribution is 2.53. The van der Waals surface area contributed by atoms with E-state index in [2.05, 4.69) is 4.98 Å². The van der Waals surface area contributed by atoms with Crippen LogP contribution in [-0.4, -0.2) is 55.8 Å². The number of rotatable bonds is 9. The van der Waals surface area contributed by atoms with Crippen molar-refractivity contribution in [1.82, 2.24) is 9.55 Å². The van der Waals surface area contributed by atoms with Gasteiger partial charge in [-0.2, -0.15) is 0 Å². The lowest BCUT2D eigenvalue weighted by Crippen LogP contribution is -2.38. The van der Waals surface area contributed by atoms with Crippen LogP contribution in [0.15, 0.2) is 21.9 Å². The van der Waals surface area contributed by atoms with E-state index in [9.17, 15) is 28.8 Å². The van der Waals surface area contributed by atoms with Gasteiger partial charge in [-0.05, 0) is 44.4 Å². The van der Waals surface area contributed by atoms with E-state index in [1.165, 1.54) is 23.9 Å². The molecule has 1 aromatic rings. The van der Waals surface area contributed by atoms with Crippen LogP contribution in [0.3, 0.4) is 0 Å². The SMILES string of the molecule is CO[C@@H]1[C@H](OP(O)(=S)OC(C)C)[C@@H](CCP(=O)(O)O)C[C@@H]1n1ccc(=O)[nH]c1=O. The van der Waals surface area contributed by atoms with Crippen molar-refractivity contribution in [2.75, 3.05) is 13.3 Å². The van der Waals surface area contributed by atoms with Crippen molar-refractivity contribution in [2.24, 2.45) is 5.92 Å². The second-order valence-electron chi connectivity index (χ2n) is 7.15. The molecule has 1 fully saturated rings. The third-order valence-corrected chi connectivity index (χ3v) is 7.14. The van der Waals surface area contributed by atoms with Crippen molar-refractivity contribution in [3.63, 3.8) is 0 Å². The van der Waals surface area contributed by atoms with Crippen LogP contribution in [0, 0.1) is 5.92 Å². The maximum atomic E-state index is 12.2. The fraction of sp³-hybridized carbons (Fsp3) is 0.733. The summed E-state index contributed by atoms with van der Waals surface area (Å²) >= 11 is 5.06. The largest absolute Gasteiger partial charge is 0.377 e. The molecule has 0 bridgehead atoms. The Kier molecular flexibility index (Phi) is 8.17. The highest BCUT2D eigenvalue weighted by atomic mass is 32.5. The normalized spacial score (nSPS) is 27.3. The van der Waals surface area contributed by atoms with Gasteiger partial charge in [0, 0.05) is 19.4 Å². The monoisotopic (exact) mass is 472 g/mol. The van der Waals surface area contributed by atoms with Gasteiger partial charge in [-0.3, -0.25) is 18.9 Å². The summed E-state index contributed by atoms with van der Waals surface area (Å²) in [5.41, 5.74) is -1.21. The molecule has 1 heterocycles. The number of methoxy groups -OCH3 is 1. The van der Waals surface area contributed by atoms with Gasteiger partial charge in [-0.25, -0.2) is 4.79 Å². The van der Waals surface area contributed by atoms with Gasteiger partial charge in [0.05, 0.1) is 24.4 Å². The predicted molar refractivity (Wildman–Crippen MR) is 108 cm³/mol. The molecular formula is C15H26N2O9P2S. The minimum absolute atomic E-state index is 0.0560. The Balaban J connectivity index is 2.38. The highest BCUT2D eigenvalue weighted by molar-refractivity contribution is 8.07. The molecule has 0 radical (unpaired) electrons. The molecule has 1 aromatic heterocycles. The number of ether oxygens (including phenoxy) is 1. The predicted octanol–water partition coefficient (Wildman–Crippen LogP) is 0.707. The third kappa shape index (κ3) is 6.92. The molecule has 0 spiro atoms. The summed E-state index contributed by atoms with van der Waals surface area (Å²) in [7, 11) is -2.89. The molecule has 11 nitrogen and oxygen atoms in total. The second-order valence-corrected chi connectivity index (χ2v) is 11.7. The molecular weight excluding hydrogens is 446 g/mol. The number of H-pyrrole nitrogens is 1. The number of nitrogens with zero attached hydrogens (tertiary/aromatic N) is 1. The number of hydrogen-bond donors (Lipinski definition) is 4. The minimum atomic E-state index is -4.28. The van der Waals surface area contributed by atoms with Crippen LogP contribution >= 0.6 is 14.3 Å². The standard InChI is InChI=1S/C15H26N2O9P2S/c1-9(2)25-28(23,29)26-13-10(5-7-27(20,21)22)8-11(14(13)24-3)17-6-4-12(18)16-15(17)19/h4,6,9-11,13-14H,5,7-8H2,1-3H3,(H,23,29)(H,16,18,19)(H2,20,21,22)/t10-,11-,13+,14-,28?/m0/s1. The lowest BCUT2D eigenvalue weighted by molar-refractivity contribution is -0.0211. The molecule has 5 atom stereocenters. The van der Waals surface area contributed by atoms with Gasteiger partial charge in [-0.1, -0.05) is 0 Å². The summed E-state index contributed by atoms with van der Waals surface area (Å²) in [6, 6.07) is 0.579. The first-order valence-corrected chi connectivity index (χ1v) is 13.3. The summed E-state index contributed by atoms with van der Waals surface area (Å²) < 4.78 is 29.2. The Morgan fingerprint density at radius 1 is 1.31 bits per heavy atom. The maximum Gasteiger partial charge on any atom is 0.328 e. The van der Waals surface area contributed by atoms with E-state index in [-0.39, 0.29) is 12.8 Å². The fourth-order valence-corrected chi connectivity index (χ4v) is 6.19. The van der Waals surface area contributed by atoms with Crippen molar-refractivity contribution in [2.45, 2.75) is 51.0 Å². The Morgan fingerprint density at radius 3 is 2.48 bits per heavy atom. The Bertz CT molecular complexity index is 912. The number of aromatic nitrogens is 2. The van der Waals surface area contributed by atoms with Gasteiger partial charge in [0.1, 0.15) is 6.10 Å². The molecule has 0 aliphatic heterocycles. The van der Waals surface area contributed by atoms with Gasteiger partial charge >= 0.3 is 20.0 Å². The summed E-state index contributed by atoms with van der Waals surface area (Å²) in [6.07, 6.45) is -0.817. The molecule has 29 heavy (non-hydrogen) atoms. The number of hydrogen-bond acceptors (Lipinski definition) is 7. The lowest BCUT2D eigenvalue weighted by Gasteiger charge is -2.30. The molecule has 1 aliphatic rings. The molecule has 166 valence electrons. The smallest absolute Gasteiger partial charge is 0.328 e. The first-order chi connectivity index (χ1) is 13.3. The van der Waals surface area contributed by atoms with Crippen LogP contribution in [0.2, 0.25) is 0 Å². The molecule has 1 saturated carbocycles. The zero-order valence-electron chi connectivity index (χ0n) is 16.2. The fourth-order valence-electron chi connectivity index (χ4n) is 3.52. The molecule has 0 saturated heterocycles. The minimum Gasteiger partial charge on any atom is -0.377 e. The maximum absolute atomic E-state index is 12.2. The van der Waals surface area contributed by atoms with E-state index < -0.39 is 62.0 Å². The van der Waals surface area contributed by atoms with Crippen molar-refractivity contribution < 1.29 is 33.0 Å².